The van der Waals surface area contributed by atoms with Crippen LogP contribution in [0.4, 0.5) is 0 Å². The lowest BCUT2D eigenvalue weighted by atomic mass is 9.66. The number of pyridine rings is 1. The normalized spacial score (nSPS) is 32.2. The molecule has 0 spiro atoms. The van der Waals surface area contributed by atoms with Gasteiger partial charge in [0.1, 0.15) is 5.75 Å². The number of methoxy groups -OCH3 is 1. The zero-order valence-corrected chi connectivity index (χ0v) is 22.8. The van der Waals surface area contributed by atoms with Crippen LogP contribution in [0.15, 0.2) is 43.1 Å². The van der Waals surface area contributed by atoms with Gasteiger partial charge in [0.25, 0.3) is 0 Å². The number of aliphatic carboxylic acids is 2. The van der Waals surface area contributed by atoms with Crippen molar-refractivity contribution in [1.29, 1.82) is 0 Å². The highest BCUT2D eigenvalue weighted by atomic mass is 16.5. The van der Waals surface area contributed by atoms with Crippen LogP contribution in [0.2, 0.25) is 0 Å². The maximum absolute atomic E-state index is 11.2. The molecular formula is C30H40N2O6. The molecule has 6 rings (SSSR count). The Morgan fingerprint density at radius 2 is 1.95 bits per heavy atom. The van der Waals surface area contributed by atoms with Crippen LogP contribution >= 0.6 is 0 Å². The molecule has 38 heavy (non-hydrogen) atoms. The molecule has 3 N–H and O–H groups in total. The van der Waals surface area contributed by atoms with Crippen molar-refractivity contribution in [3.05, 3.63) is 48.7 Å². The molecule has 7 atom stereocenters. The molecule has 8 nitrogen and oxygen atoms in total. The lowest BCUT2D eigenvalue weighted by molar-refractivity contribution is -0.157. The predicted octanol–water partition coefficient (Wildman–Crippen LogP) is 4.77. The highest BCUT2D eigenvalue weighted by molar-refractivity contribution is 5.84. The summed E-state index contributed by atoms with van der Waals surface area (Å²) in [6, 6.07) is 7.96. The van der Waals surface area contributed by atoms with Crippen LogP contribution in [0, 0.1) is 28.6 Å². The zero-order chi connectivity index (χ0) is 27.8. The van der Waals surface area contributed by atoms with Gasteiger partial charge in [-0.15, -0.1) is 6.58 Å². The number of ether oxygens (including phenoxy) is 1. The number of aliphatic hydroxyl groups excluding tert-OH is 1. The molecule has 4 fully saturated rings. The number of rotatable bonds is 6. The van der Waals surface area contributed by atoms with Gasteiger partial charge in [-0.1, -0.05) is 19.9 Å². The molecule has 3 saturated heterocycles. The summed E-state index contributed by atoms with van der Waals surface area (Å²) in [4.78, 5) is 28.9. The molecule has 1 saturated carbocycles. The molecular weight excluding hydrogens is 484 g/mol. The largest absolute Gasteiger partial charge is 0.497 e. The average Bonchev–Trinajstić information content (AvgIpc) is 3.17. The van der Waals surface area contributed by atoms with Crippen molar-refractivity contribution < 1.29 is 29.6 Å². The minimum absolute atomic E-state index is 0.178. The fourth-order valence-corrected chi connectivity index (χ4v) is 6.76. The van der Waals surface area contributed by atoms with E-state index in [2.05, 4.69) is 22.5 Å². The Kier molecular flexibility index (Phi) is 7.86. The number of aromatic nitrogens is 1. The molecule has 1 aliphatic carbocycles. The molecule has 0 amide bonds. The molecule has 4 aliphatic rings. The van der Waals surface area contributed by atoms with Crippen molar-refractivity contribution in [3.8, 4) is 5.75 Å². The van der Waals surface area contributed by atoms with Gasteiger partial charge in [-0.2, -0.15) is 0 Å². The maximum atomic E-state index is 11.2. The Bertz CT molecular complexity index is 1210. The fraction of sp³-hybridized carbons (Fsp3) is 0.567. The molecule has 8 heteroatoms. The monoisotopic (exact) mass is 524 g/mol. The third-order valence-corrected chi connectivity index (χ3v) is 9.82. The molecule has 1 aromatic heterocycles. The van der Waals surface area contributed by atoms with E-state index in [0.717, 1.165) is 41.7 Å². The second-order valence-electron chi connectivity index (χ2n) is 11.8. The summed E-state index contributed by atoms with van der Waals surface area (Å²) in [6.07, 6.45) is 6.51. The van der Waals surface area contributed by atoms with Gasteiger partial charge in [-0.3, -0.25) is 19.5 Å². The third kappa shape index (κ3) is 4.80. The molecule has 5 unspecified atom stereocenters. The van der Waals surface area contributed by atoms with E-state index in [1.54, 1.807) is 34.1 Å². The molecule has 206 valence electrons. The van der Waals surface area contributed by atoms with Crippen molar-refractivity contribution in [2.24, 2.45) is 28.6 Å². The summed E-state index contributed by atoms with van der Waals surface area (Å²) < 4.78 is 5.35. The summed E-state index contributed by atoms with van der Waals surface area (Å²) in [7, 11) is 1.66. The quantitative estimate of drug-likeness (QED) is 0.462. The predicted molar refractivity (Wildman–Crippen MR) is 145 cm³/mol. The minimum atomic E-state index is -0.921. The first kappa shape index (κ1) is 28.0. The topological polar surface area (TPSA) is 120 Å². The SMILES string of the molecule is C=C[C@@H]1CN2CCC1C[C@@H]2C(O)c1ccnc2ccc(OC)cc12.CC1(C(=O)O)CCC(C(=O)O)C1(C)C. The Labute approximate surface area is 224 Å². The summed E-state index contributed by atoms with van der Waals surface area (Å²) in [5.74, 6) is -0.331. The van der Waals surface area contributed by atoms with E-state index in [-0.39, 0.29) is 6.04 Å². The number of carboxylic acids is 2. The summed E-state index contributed by atoms with van der Waals surface area (Å²) in [6.45, 7) is 11.2. The van der Waals surface area contributed by atoms with Gasteiger partial charge in [0, 0.05) is 24.2 Å². The van der Waals surface area contributed by atoms with Gasteiger partial charge in [0.2, 0.25) is 0 Å². The number of nitrogens with zero attached hydrogens (tertiary/aromatic N) is 2. The molecule has 0 radical (unpaired) electrons. The molecule has 1 aromatic carbocycles. The van der Waals surface area contributed by atoms with Gasteiger partial charge >= 0.3 is 11.9 Å². The molecule has 2 bridgehead atoms. The van der Waals surface area contributed by atoms with E-state index >= 15 is 0 Å². The van der Waals surface area contributed by atoms with Crippen LogP contribution in [-0.4, -0.2) is 63.4 Å². The van der Waals surface area contributed by atoms with Crippen molar-refractivity contribution in [1.82, 2.24) is 9.88 Å². The standard InChI is InChI=1S/C20H24N2O2.C10H16O4/c1-3-13-12-22-9-7-14(13)10-19(22)20(23)16-6-8-21-18-5-4-15(24-2)11-17(16)18;1-9(2)6(7(11)12)4-5-10(9,3)8(13)14/h3-6,8,11,13-14,19-20,23H,1,7,9-10,12H2,2H3;6H,4-5H2,1-3H3,(H,11,12)(H,13,14)/t13-,14?,19-,20?;/m1./s1. The van der Waals surface area contributed by atoms with Crippen LogP contribution in [0.5, 0.6) is 5.75 Å². The second kappa shape index (κ2) is 10.7. The number of aliphatic hydroxyl groups is 1. The highest BCUT2D eigenvalue weighted by Gasteiger charge is 2.58. The van der Waals surface area contributed by atoms with Gasteiger partial charge in [-0.05, 0) is 86.2 Å². The van der Waals surface area contributed by atoms with Gasteiger partial charge in [-0.25, -0.2) is 0 Å². The van der Waals surface area contributed by atoms with Gasteiger partial charge in [0.05, 0.1) is 30.1 Å². The van der Waals surface area contributed by atoms with Gasteiger partial charge < -0.3 is 20.1 Å². The molecule has 4 heterocycles. The fourth-order valence-electron chi connectivity index (χ4n) is 6.76. The lowest BCUT2D eigenvalue weighted by Gasteiger charge is -2.50. The van der Waals surface area contributed by atoms with Crippen molar-refractivity contribution in [2.75, 3.05) is 20.2 Å². The number of hydrogen-bond donors (Lipinski definition) is 3. The number of carbonyl (C=O) groups is 2. The van der Waals surface area contributed by atoms with E-state index in [0.29, 0.717) is 24.7 Å². The number of benzene rings is 1. The Balaban J connectivity index is 0.000000206. The van der Waals surface area contributed by atoms with E-state index in [1.165, 1.54) is 6.42 Å². The summed E-state index contributed by atoms with van der Waals surface area (Å²) >= 11 is 0. The van der Waals surface area contributed by atoms with E-state index in [1.807, 2.05) is 24.3 Å². The van der Waals surface area contributed by atoms with Crippen LogP contribution in [-0.2, 0) is 9.59 Å². The van der Waals surface area contributed by atoms with Crippen LogP contribution in [0.1, 0.15) is 58.1 Å². The van der Waals surface area contributed by atoms with Crippen molar-refractivity contribution in [2.45, 2.75) is 58.6 Å². The minimum Gasteiger partial charge on any atom is -0.497 e. The zero-order valence-electron chi connectivity index (χ0n) is 22.8. The Hall–Kier alpha value is -2.97. The highest BCUT2D eigenvalue weighted by Crippen LogP contribution is 2.56. The van der Waals surface area contributed by atoms with Gasteiger partial charge in [0.15, 0.2) is 0 Å². The number of fused-ring (bicyclic) bond motifs is 4. The smallest absolute Gasteiger partial charge is 0.309 e. The van der Waals surface area contributed by atoms with Crippen molar-refractivity contribution in [3.63, 3.8) is 0 Å². The first-order valence-electron chi connectivity index (χ1n) is 13.4. The number of hydrogen-bond acceptors (Lipinski definition) is 6. The first-order valence-corrected chi connectivity index (χ1v) is 13.4. The average molecular weight is 525 g/mol. The Morgan fingerprint density at radius 3 is 2.47 bits per heavy atom. The lowest BCUT2D eigenvalue weighted by Crippen LogP contribution is -2.54. The third-order valence-electron chi connectivity index (χ3n) is 9.82. The maximum Gasteiger partial charge on any atom is 0.309 e. The number of piperidine rings is 3. The summed E-state index contributed by atoms with van der Waals surface area (Å²) in [5.41, 5.74) is 0.236. The van der Waals surface area contributed by atoms with Crippen molar-refractivity contribution >= 4 is 22.8 Å². The van der Waals surface area contributed by atoms with Crippen LogP contribution in [0.25, 0.3) is 10.9 Å². The summed E-state index contributed by atoms with van der Waals surface area (Å²) in [5, 5.41) is 30.2. The molecule has 2 aromatic rings. The Morgan fingerprint density at radius 1 is 1.21 bits per heavy atom. The first-order chi connectivity index (χ1) is 17.9. The van der Waals surface area contributed by atoms with Crippen LogP contribution in [0.3, 0.4) is 0 Å². The van der Waals surface area contributed by atoms with E-state index < -0.39 is 34.8 Å². The molecule has 3 aliphatic heterocycles. The van der Waals surface area contributed by atoms with Crippen LogP contribution < -0.4 is 4.74 Å². The van der Waals surface area contributed by atoms with E-state index in [4.69, 9.17) is 14.9 Å². The number of carboxylic acid groups (broad SMARTS) is 2. The van der Waals surface area contributed by atoms with E-state index in [9.17, 15) is 14.7 Å². The second-order valence-corrected chi connectivity index (χ2v) is 11.8.